The number of nitrogens with two attached hydrogens (primary N) is 2. The summed E-state index contributed by atoms with van der Waals surface area (Å²) in [4.78, 5) is 142. The monoisotopic (exact) mass is 951 g/mol. The third kappa shape index (κ3) is 21.1. The molecule has 8 atom stereocenters. The number of carbonyl (C=O) groups is 11. The lowest BCUT2D eigenvalue weighted by molar-refractivity contribution is -0.144. The van der Waals surface area contributed by atoms with Crippen molar-refractivity contribution in [3.63, 3.8) is 0 Å². The van der Waals surface area contributed by atoms with E-state index in [4.69, 9.17) is 11.5 Å². The molecule has 2 saturated heterocycles. The summed E-state index contributed by atoms with van der Waals surface area (Å²) in [6.45, 7) is 9.52. The SMILES string of the molecule is CC(C)C[C@H](NC(=O)CNC(=O)[C@H](CC(C)C)NC(=O)[C@H](CCC(N)=O)NC(=O)CNC(=O)[C@@H]1CCC(C)N1)C(=O)N[C@@H](C)C(=O)NCC(=O)N1CCC[C@H]1C(=O)N[C@@H](CCCCN)C(=O)O. The van der Waals surface area contributed by atoms with Crippen LogP contribution in [0.15, 0.2) is 0 Å². The van der Waals surface area contributed by atoms with Gasteiger partial charge in [0.15, 0.2) is 0 Å². The maximum absolute atomic E-state index is 13.5. The molecule has 0 saturated carbocycles. The highest BCUT2D eigenvalue weighted by molar-refractivity contribution is 5.97. The number of hydrogen-bond donors (Lipinski definition) is 12. The Hall–Kier alpha value is -5.91. The lowest BCUT2D eigenvalue weighted by Crippen LogP contribution is -2.57. The molecule has 2 fully saturated rings. The van der Waals surface area contributed by atoms with Gasteiger partial charge in [-0.05, 0) is 96.4 Å². The maximum Gasteiger partial charge on any atom is 0.326 e. The molecule has 0 aromatic rings. The topological polar surface area (TPSA) is 372 Å². The van der Waals surface area contributed by atoms with E-state index in [1.165, 1.54) is 11.8 Å². The Morgan fingerprint density at radius 2 is 1.22 bits per heavy atom. The van der Waals surface area contributed by atoms with Crippen LogP contribution < -0.4 is 59.3 Å². The number of rotatable bonds is 29. The lowest BCUT2D eigenvalue weighted by Gasteiger charge is -2.26. The average Bonchev–Trinajstić information content (AvgIpc) is 3.93. The molecule has 24 nitrogen and oxygen atoms in total. The van der Waals surface area contributed by atoms with Crippen LogP contribution in [0.25, 0.3) is 0 Å². The lowest BCUT2D eigenvalue weighted by atomic mass is 10.0. The summed E-state index contributed by atoms with van der Waals surface area (Å²) in [6, 6.07) is -7.21. The first-order valence-electron chi connectivity index (χ1n) is 23.1. The third-order valence-corrected chi connectivity index (χ3v) is 11.2. The van der Waals surface area contributed by atoms with Crippen LogP contribution in [0.4, 0.5) is 0 Å². The maximum atomic E-state index is 13.5. The van der Waals surface area contributed by atoms with Gasteiger partial charge in [0.2, 0.25) is 59.1 Å². The highest BCUT2D eigenvalue weighted by Crippen LogP contribution is 2.18. The van der Waals surface area contributed by atoms with Gasteiger partial charge in [-0.2, -0.15) is 0 Å². The first-order chi connectivity index (χ1) is 31.5. The summed E-state index contributed by atoms with van der Waals surface area (Å²) in [5.41, 5.74) is 10.8. The minimum atomic E-state index is -1.31. The molecular formula is C43H74N12O12. The van der Waals surface area contributed by atoms with Crippen molar-refractivity contribution in [1.29, 1.82) is 0 Å². The molecule has 0 aliphatic carbocycles. The van der Waals surface area contributed by atoms with Crippen LogP contribution in [-0.4, -0.2) is 156 Å². The smallest absolute Gasteiger partial charge is 0.326 e. The second-order valence-corrected chi connectivity index (χ2v) is 18.1. The number of likely N-dealkylation sites (tertiary alicyclic amines) is 1. The molecular weight excluding hydrogens is 877 g/mol. The zero-order chi connectivity index (χ0) is 50.4. The van der Waals surface area contributed by atoms with Gasteiger partial charge in [-0.15, -0.1) is 0 Å². The van der Waals surface area contributed by atoms with E-state index in [-0.39, 0.29) is 62.4 Å². The molecule has 1 unspecified atom stereocenters. The molecule has 0 radical (unpaired) electrons. The summed E-state index contributed by atoms with van der Waals surface area (Å²) < 4.78 is 0. The molecule has 67 heavy (non-hydrogen) atoms. The van der Waals surface area contributed by atoms with Gasteiger partial charge in [-0.3, -0.25) is 47.9 Å². The van der Waals surface area contributed by atoms with E-state index in [0.717, 1.165) is 6.42 Å². The molecule has 0 spiro atoms. The number of carboxylic acid groups (broad SMARTS) is 1. The standard InChI is InChI=1S/C43H74N12O12/c1-23(2)18-30(54-40(63)28(14-15-33(45)56)51-34(57)20-46-38(61)27-13-12-25(5)49-27)39(62)47-21-35(58)52-31(19-24(3)4)41(64)50-26(6)37(60)48-22-36(59)55-17-9-11-32(55)42(65)53-29(43(66)67)10-7-8-16-44/h23-32,49H,7-22,44H2,1-6H3,(H2,45,56)(H,46,61)(H,47,62)(H,48,60)(H,50,64)(H,51,57)(H,52,58)(H,53,65)(H,54,63)(H,66,67)/t25?,26-,27-,28-,29-,30-,31-,32-/m0/s1. The first kappa shape index (κ1) is 57.2. The highest BCUT2D eigenvalue weighted by atomic mass is 16.4. The van der Waals surface area contributed by atoms with Gasteiger partial charge < -0.3 is 69.3 Å². The Bertz CT molecular complexity index is 1760. The van der Waals surface area contributed by atoms with Crippen molar-refractivity contribution in [2.75, 3.05) is 32.7 Å². The number of nitrogens with one attached hydrogen (secondary N) is 9. The van der Waals surface area contributed by atoms with Crippen molar-refractivity contribution in [2.24, 2.45) is 23.3 Å². The molecule has 2 heterocycles. The first-order valence-corrected chi connectivity index (χ1v) is 23.1. The second kappa shape index (κ2) is 29.0. The van der Waals surface area contributed by atoms with E-state index in [1.54, 1.807) is 27.7 Å². The van der Waals surface area contributed by atoms with E-state index in [9.17, 15) is 57.8 Å². The van der Waals surface area contributed by atoms with Crippen LogP contribution in [0.1, 0.15) is 112 Å². The van der Waals surface area contributed by atoms with E-state index < -0.39 is 121 Å². The summed E-state index contributed by atoms with van der Waals surface area (Å²) >= 11 is 0. The van der Waals surface area contributed by atoms with Crippen LogP contribution in [0.5, 0.6) is 0 Å². The van der Waals surface area contributed by atoms with Crippen molar-refractivity contribution in [3.05, 3.63) is 0 Å². The molecule has 10 amide bonds. The van der Waals surface area contributed by atoms with Gasteiger partial charge in [-0.25, -0.2) is 4.79 Å². The summed E-state index contributed by atoms with van der Waals surface area (Å²) in [5, 5.41) is 32.7. The number of hydrogen-bond acceptors (Lipinski definition) is 13. The molecule has 2 aliphatic heterocycles. The molecule has 0 bridgehead atoms. The number of nitrogens with zero attached hydrogens (tertiary/aromatic N) is 1. The van der Waals surface area contributed by atoms with Crippen molar-refractivity contribution in [3.8, 4) is 0 Å². The van der Waals surface area contributed by atoms with E-state index >= 15 is 0 Å². The Morgan fingerprint density at radius 1 is 0.642 bits per heavy atom. The number of amides is 10. The molecule has 2 rings (SSSR count). The van der Waals surface area contributed by atoms with Gasteiger partial charge in [-0.1, -0.05) is 27.7 Å². The molecule has 0 aromatic carbocycles. The van der Waals surface area contributed by atoms with Crippen LogP contribution in [-0.2, 0) is 52.7 Å². The molecule has 378 valence electrons. The molecule has 24 heteroatoms. The van der Waals surface area contributed by atoms with Crippen LogP contribution in [0.2, 0.25) is 0 Å². The van der Waals surface area contributed by atoms with Gasteiger partial charge >= 0.3 is 5.97 Å². The Kier molecular flexibility index (Phi) is 24.7. The third-order valence-electron chi connectivity index (χ3n) is 11.2. The predicted octanol–water partition coefficient (Wildman–Crippen LogP) is -3.52. The normalized spacial score (nSPS) is 18.9. The van der Waals surface area contributed by atoms with E-state index in [2.05, 4.69) is 47.9 Å². The fraction of sp³-hybridized carbons (Fsp3) is 0.744. The minimum Gasteiger partial charge on any atom is -0.480 e. The summed E-state index contributed by atoms with van der Waals surface area (Å²) in [5.74, 6) is -8.28. The summed E-state index contributed by atoms with van der Waals surface area (Å²) in [7, 11) is 0. The van der Waals surface area contributed by atoms with Crippen molar-refractivity contribution >= 4 is 65.0 Å². The van der Waals surface area contributed by atoms with Crippen molar-refractivity contribution < 1.29 is 57.8 Å². The Morgan fingerprint density at radius 3 is 1.79 bits per heavy atom. The van der Waals surface area contributed by atoms with Gasteiger partial charge in [0.1, 0.15) is 36.3 Å². The van der Waals surface area contributed by atoms with E-state index in [0.29, 0.717) is 38.6 Å². The van der Waals surface area contributed by atoms with Gasteiger partial charge in [0.25, 0.3) is 0 Å². The average molecular weight is 951 g/mol. The van der Waals surface area contributed by atoms with Crippen molar-refractivity contribution in [1.82, 2.24) is 52.8 Å². The molecule has 2 aliphatic rings. The Labute approximate surface area is 391 Å². The zero-order valence-corrected chi connectivity index (χ0v) is 39.6. The van der Waals surface area contributed by atoms with Crippen molar-refractivity contribution in [2.45, 2.75) is 161 Å². The van der Waals surface area contributed by atoms with Gasteiger partial charge in [0.05, 0.1) is 25.7 Å². The fourth-order valence-corrected chi connectivity index (χ4v) is 7.59. The number of primary amides is 1. The largest absolute Gasteiger partial charge is 0.480 e. The van der Waals surface area contributed by atoms with Crippen LogP contribution in [0.3, 0.4) is 0 Å². The Balaban J connectivity index is 1.98. The molecule has 14 N–H and O–H groups in total. The van der Waals surface area contributed by atoms with Gasteiger partial charge in [0, 0.05) is 19.0 Å². The second-order valence-electron chi connectivity index (χ2n) is 18.1. The van der Waals surface area contributed by atoms with E-state index in [1.807, 2.05) is 6.92 Å². The highest BCUT2D eigenvalue weighted by Gasteiger charge is 2.36. The number of unbranched alkanes of at least 4 members (excludes halogenated alkanes) is 1. The van der Waals surface area contributed by atoms with Crippen LogP contribution >= 0.6 is 0 Å². The number of carbonyl (C=O) groups excluding carboxylic acids is 10. The number of carboxylic acids is 1. The minimum absolute atomic E-state index is 0.111. The number of aliphatic carboxylic acids is 1. The van der Waals surface area contributed by atoms with Crippen LogP contribution in [0, 0.1) is 11.8 Å². The zero-order valence-electron chi connectivity index (χ0n) is 39.6. The fourth-order valence-electron chi connectivity index (χ4n) is 7.59. The predicted molar refractivity (Wildman–Crippen MR) is 243 cm³/mol. The quantitative estimate of drug-likeness (QED) is 0.0324. The summed E-state index contributed by atoms with van der Waals surface area (Å²) in [6.07, 6.45) is 3.21. The molecule has 0 aromatic heterocycles.